The van der Waals surface area contributed by atoms with Gasteiger partial charge in [-0.2, -0.15) is 0 Å². The largest absolute Gasteiger partial charge is 0.295 e. The smallest absolute Gasteiger partial charge is 0.250 e. The van der Waals surface area contributed by atoms with Gasteiger partial charge in [0.1, 0.15) is 0 Å². The molecule has 3 aromatic carbocycles. The van der Waals surface area contributed by atoms with Crippen LogP contribution in [-0.2, 0) is 10.0 Å². The van der Waals surface area contributed by atoms with Gasteiger partial charge < -0.3 is 0 Å². The summed E-state index contributed by atoms with van der Waals surface area (Å²) in [5, 5.41) is 0. The van der Waals surface area contributed by atoms with Crippen molar-refractivity contribution in [3.63, 3.8) is 0 Å². The molecular weight excluding hydrogens is 384 g/mol. The first kappa shape index (κ1) is 18.6. The number of rotatable bonds is 5. The van der Waals surface area contributed by atoms with E-state index in [1.165, 1.54) is 12.1 Å². The molecule has 3 aromatic rings. The predicted octanol–water partition coefficient (Wildman–Crippen LogP) is 4.74. The number of para-hydroxylation sites is 2. The highest BCUT2D eigenvalue weighted by atomic mass is 32.3. The van der Waals surface area contributed by atoms with E-state index < -0.39 is 10.0 Å². The first-order chi connectivity index (χ1) is 12.6. The van der Waals surface area contributed by atoms with Crippen LogP contribution in [0.3, 0.4) is 0 Å². The minimum Gasteiger partial charge on any atom is -0.295 e. The molecule has 0 heterocycles. The van der Waals surface area contributed by atoms with Crippen molar-refractivity contribution in [2.75, 3.05) is 4.90 Å². The van der Waals surface area contributed by atoms with Crippen molar-refractivity contribution >= 4 is 49.9 Å². The van der Waals surface area contributed by atoms with Crippen LogP contribution in [0, 0.1) is 0 Å². The molecule has 0 amide bonds. The summed E-state index contributed by atoms with van der Waals surface area (Å²) in [7, 11) is -3.65. The van der Waals surface area contributed by atoms with Gasteiger partial charge in [0, 0.05) is 23.3 Å². The van der Waals surface area contributed by atoms with Gasteiger partial charge >= 0.3 is 0 Å². The highest BCUT2D eigenvalue weighted by Crippen LogP contribution is 2.28. The van der Waals surface area contributed by atoms with Crippen molar-refractivity contribution in [1.29, 1.82) is 0 Å². The average molecular weight is 401 g/mol. The molecule has 0 aliphatic heterocycles. The van der Waals surface area contributed by atoms with E-state index in [1.54, 1.807) is 18.2 Å². The Labute approximate surface area is 163 Å². The molecule has 0 unspecified atom stereocenters. The summed E-state index contributed by atoms with van der Waals surface area (Å²) in [4.78, 5) is 2.02. The fourth-order valence-corrected chi connectivity index (χ4v) is 4.74. The quantitative estimate of drug-likeness (QED) is 0.495. The molecule has 4 nitrogen and oxygen atoms in total. The Morgan fingerprint density at radius 3 is 1.65 bits per heavy atom. The van der Waals surface area contributed by atoms with Gasteiger partial charge in [0.2, 0.25) is 10.0 Å². The number of sulfonamides is 1. The van der Waals surface area contributed by atoms with E-state index in [9.17, 15) is 8.42 Å². The van der Waals surface area contributed by atoms with Gasteiger partial charge in [-0.15, -0.1) is 4.13 Å². The maximum Gasteiger partial charge on any atom is 0.250 e. The molecule has 0 saturated heterocycles. The maximum absolute atomic E-state index is 12.4. The molecule has 7 heteroatoms. The number of thiocarbonyl (C=S) groups is 1. The summed E-state index contributed by atoms with van der Waals surface area (Å²) in [6.07, 6.45) is 0. The third kappa shape index (κ3) is 4.50. The van der Waals surface area contributed by atoms with E-state index >= 15 is 0 Å². The van der Waals surface area contributed by atoms with Gasteiger partial charge in [-0.3, -0.25) is 4.90 Å². The average Bonchev–Trinajstić information content (AvgIpc) is 2.69. The Morgan fingerprint density at radius 1 is 0.769 bits per heavy atom. The van der Waals surface area contributed by atoms with Crippen molar-refractivity contribution in [2.24, 2.45) is 0 Å². The second-order valence-corrected chi connectivity index (χ2v) is 8.66. The van der Waals surface area contributed by atoms with Gasteiger partial charge in [0.25, 0.3) is 0 Å². The van der Waals surface area contributed by atoms with Crippen LogP contribution >= 0.6 is 24.2 Å². The molecular formula is C19H16N2O2S3. The van der Waals surface area contributed by atoms with Crippen molar-refractivity contribution in [1.82, 2.24) is 4.13 Å². The van der Waals surface area contributed by atoms with Crippen LogP contribution in [0.25, 0.3) is 0 Å². The molecule has 0 spiro atoms. The van der Waals surface area contributed by atoms with Gasteiger partial charge in [0.05, 0.1) is 4.90 Å². The number of nitrogens with one attached hydrogen (secondary N) is 1. The van der Waals surface area contributed by atoms with Crippen LogP contribution in [0.4, 0.5) is 11.4 Å². The van der Waals surface area contributed by atoms with Crippen LogP contribution in [-0.4, -0.2) is 12.7 Å². The SMILES string of the molecule is O=S(=O)(NSC(=S)N(c1ccccc1)c1ccccc1)c1ccccc1. The zero-order chi connectivity index (χ0) is 18.4. The normalized spacial score (nSPS) is 11.1. The van der Waals surface area contributed by atoms with Crippen LogP contribution < -0.4 is 9.03 Å². The highest BCUT2D eigenvalue weighted by Gasteiger charge is 2.19. The molecule has 132 valence electrons. The van der Waals surface area contributed by atoms with Crippen LogP contribution in [0.15, 0.2) is 95.9 Å². The van der Waals surface area contributed by atoms with Gasteiger partial charge in [-0.1, -0.05) is 66.8 Å². The highest BCUT2D eigenvalue weighted by molar-refractivity contribution is 8.26. The molecule has 0 saturated carbocycles. The van der Waals surface area contributed by atoms with Crippen LogP contribution in [0.2, 0.25) is 0 Å². The van der Waals surface area contributed by atoms with E-state index in [-0.39, 0.29) is 4.90 Å². The van der Waals surface area contributed by atoms with E-state index in [1.807, 2.05) is 65.6 Å². The van der Waals surface area contributed by atoms with E-state index in [2.05, 4.69) is 4.13 Å². The van der Waals surface area contributed by atoms with E-state index in [0.29, 0.717) is 4.32 Å². The minimum absolute atomic E-state index is 0.196. The first-order valence-corrected chi connectivity index (χ1v) is 10.5. The van der Waals surface area contributed by atoms with E-state index in [0.717, 1.165) is 23.3 Å². The number of benzene rings is 3. The lowest BCUT2D eigenvalue weighted by Crippen LogP contribution is -2.27. The third-order valence-corrected chi connectivity index (χ3v) is 6.40. The summed E-state index contributed by atoms with van der Waals surface area (Å²) < 4.78 is 27.7. The Hall–Kier alpha value is -2.19. The fourth-order valence-electron chi connectivity index (χ4n) is 2.30. The zero-order valence-electron chi connectivity index (χ0n) is 13.6. The van der Waals surface area contributed by atoms with Gasteiger partial charge in [0.15, 0.2) is 4.32 Å². The Kier molecular flexibility index (Phi) is 6.05. The molecule has 3 rings (SSSR count). The molecule has 0 fully saturated rings. The standard InChI is InChI=1S/C19H16N2O2S3/c22-26(23,18-14-8-3-9-15-18)20-25-19(24)21(16-10-4-1-5-11-16)17-12-6-2-7-13-17/h1-15,20H. The molecule has 0 atom stereocenters. The molecule has 0 aromatic heterocycles. The Bertz CT molecular complexity index is 924. The fraction of sp³-hybridized carbons (Fsp3) is 0. The second-order valence-electron chi connectivity index (χ2n) is 5.27. The van der Waals surface area contributed by atoms with Crippen molar-refractivity contribution in [3.05, 3.63) is 91.0 Å². The molecule has 26 heavy (non-hydrogen) atoms. The number of nitrogens with zero attached hydrogens (tertiary/aromatic N) is 1. The molecule has 0 bridgehead atoms. The maximum atomic E-state index is 12.4. The van der Waals surface area contributed by atoms with E-state index in [4.69, 9.17) is 12.2 Å². The summed E-state index contributed by atoms with van der Waals surface area (Å²) >= 11 is 6.41. The second kappa shape index (κ2) is 8.46. The zero-order valence-corrected chi connectivity index (χ0v) is 16.1. The van der Waals surface area contributed by atoms with Crippen molar-refractivity contribution < 1.29 is 8.42 Å². The number of hydrogen-bond donors (Lipinski definition) is 1. The first-order valence-electron chi connectivity index (χ1n) is 7.76. The van der Waals surface area contributed by atoms with Crippen LogP contribution in [0.1, 0.15) is 0 Å². The number of hydrogen-bond acceptors (Lipinski definition) is 4. The summed E-state index contributed by atoms with van der Waals surface area (Å²) in [5.41, 5.74) is 1.71. The van der Waals surface area contributed by atoms with Crippen LogP contribution in [0.5, 0.6) is 0 Å². The Balaban J connectivity index is 1.83. The molecule has 0 aliphatic rings. The lowest BCUT2D eigenvalue weighted by molar-refractivity contribution is 0.594. The van der Waals surface area contributed by atoms with Crippen molar-refractivity contribution in [2.45, 2.75) is 4.90 Å². The monoisotopic (exact) mass is 400 g/mol. The number of anilines is 2. The molecule has 0 radical (unpaired) electrons. The lowest BCUT2D eigenvalue weighted by atomic mass is 10.2. The summed E-state index contributed by atoms with van der Waals surface area (Å²) in [6, 6.07) is 27.4. The lowest BCUT2D eigenvalue weighted by Gasteiger charge is -2.24. The topological polar surface area (TPSA) is 49.4 Å². The molecule has 1 N–H and O–H groups in total. The third-order valence-electron chi connectivity index (χ3n) is 3.50. The minimum atomic E-state index is -3.65. The van der Waals surface area contributed by atoms with Gasteiger partial charge in [-0.25, -0.2) is 8.42 Å². The summed E-state index contributed by atoms with van der Waals surface area (Å²) in [6.45, 7) is 0. The molecule has 0 aliphatic carbocycles. The predicted molar refractivity (Wildman–Crippen MR) is 112 cm³/mol. The Morgan fingerprint density at radius 2 is 1.19 bits per heavy atom. The van der Waals surface area contributed by atoms with Gasteiger partial charge in [-0.05, 0) is 36.4 Å². The van der Waals surface area contributed by atoms with Crippen molar-refractivity contribution in [3.8, 4) is 0 Å². The summed E-state index contributed by atoms with van der Waals surface area (Å²) in [5.74, 6) is 0.